The molecule has 0 fully saturated rings. The number of amides is 1. The van der Waals surface area contributed by atoms with E-state index in [9.17, 15) is 19.4 Å². The first-order valence-corrected chi connectivity index (χ1v) is 33.1. The number of rotatable bonds is 59. The molecule has 2 N–H and O–H groups in total. The second kappa shape index (κ2) is 54.8. The van der Waals surface area contributed by atoms with Crippen LogP contribution in [0.2, 0.25) is 0 Å². The Hall–Kier alpha value is -1.02. The molecule has 3 atom stereocenters. The molecule has 0 aromatic heterocycles. The molecule has 9 heteroatoms. The largest absolute Gasteiger partial charge is 0.756 e. The van der Waals surface area contributed by atoms with Gasteiger partial charge in [-0.25, -0.2) is 0 Å². The number of unbranched alkanes of at least 4 members (excludes halogenated alkanes) is 42. The summed E-state index contributed by atoms with van der Waals surface area (Å²) in [6.07, 6.45) is 69.5. The summed E-state index contributed by atoms with van der Waals surface area (Å²) in [6, 6.07) is -0.805. The number of aliphatic hydroxyl groups is 1. The van der Waals surface area contributed by atoms with Gasteiger partial charge in [0.15, 0.2) is 0 Å². The summed E-state index contributed by atoms with van der Waals surface area (Å²) in [5, 5.41) is 14.0. The molecule has 1 amide bonds. The molecule has 0 aromatic carbocycles. The average molecular weight is 1040 g/mol. The van der Waals surface area contributed by atoms with Gasteiger partial charge in [0.2, 0.25) is 5.91 Å². The number of quaternary nitrogens is 1. The van der Waals surface area contributed by atoms with Crippen LogP contribution in [0.3, 0.4) is 0 Å². The number of phosphoric ester groups is 1. The zero-order chi connectivity index (χ0) is 52.7. The third kappa shape index (κ3) is 56.7. The van der Waals surface area contributed by atoms with E-state index < -0.39 is 20.0 Å². The van der Waals surface area contributed by atoms with Crippen LogP contribution in [0, 0.1) is 0 Å². The number of allylic oxidation sites excluding steroid dienone is 4. The number of likely N-dealkylation sites (N-methyl/N-ethyl adjacent to an activating group) is 1. The summed E-state index contributed by atoms with van der Waals surface area (Å²) in [7, 11) is 1.31. The molecule has 428 valence electrons. The number of hydrogen-bond acceptors (Lipinski definition) is 6. The molecule has 0 bridgehead atoms. The number of hydrogen-bond donors (Lipinski definition) is 2. The van der Waals surface area contributed by atoms with Crippen LogP contribution in [0.4, 0.5) is 0 Å². The molecule has 0 aliphatic heterocycles. The number of phosphoric acid groups is 1. The van der Waals surface area contributed by atoms with Crippen molar-refractivity contribution in [1.82, 2.24) is 5.32 Å². The lowest BCUT2D eigenvalue weighted by atomic mass is 10.0. The molecule has 0 saturated carbocycles. The van der Waals surface area contributed by atoms with E-state index in [4.69, 9.17) is 9.05 Å². The van der Waals surface area contributed by atoms with Crippen LogP contribution in [-0.4, -0.2) is 68.5 Å². The predicted molar refractivity (Wildman–Crippen MR) is 312 cm³/mol. The topological polar surface area (TPSA) is 108 Å². The maximum atomic E-state index is 13.0. The van der Waals surface area contributed by atoms with Gasteiger partial charge in [-0.15, -0.1) is 0 Å². The minimum absolute atomic E-state index is 0.0117. The molecule has 0 aliphatic carbocycles. The van der Waals surface area contributed by atoms with Crippen LogP contribution >= 0.6 is 7.82 Å². The Labute approximate surface area is 449 Å². The second-order valence-electron chi connectivity index (χ2n) is 23.1. The Kier molecular flexibility index (Phi) is 54.0. The minimum Gasteiger partial charge on any atom is -0.756 e. The molecule has 0 aliphatic rings. The Balaban J connectivity index is 3.99. The fourth-order valence-corrected chi connectivity index (χ4v) is 10.4. The van der Waals surface area contributed by atoms with E-state index in [-0.39, 0.29) is 19.1 Å². The molecule has 72 heavy (non-hydrogen) atoms. The smallest absolute Gasteiger partial charge is 0.268 e. The molecule has 3 unspecified atom stereocenters. The molecule has 0 saturated heterocycles. The minimum atomic E-state index is -4.58. The van der Waals surface area contributed by atoms with Crippen LogP contribution in [0.15, 0.2) is 24.3 Å². The zero-order valence-electron chi connectivity index (χ0n) is 48.9. The SMILES string of the molecule is CCCCC/C=C\C/C=C\CCCCCCCCCC(=O)NC(COP(=O)([O-])OCC[N+](C)(C)C)C(O)CCCCCCCCCCCCCCCCCCCCCCCCCCCCCCCCCCC. The van der Waals surface area contributed by atoms with Gasteiger partial charge in [-0.2, -0.15) is 0 Å². The molecule has 0 spiro atoms. The van der Waals surface area contributed by atoms with E-state index in [1.54, 1.807) is 0 Å². The molecule has 0 radical (unpaired) electrons. The van der Waals surface area contributed by atoms with Gasteiger partial charge in [0.05, 0.1) is 39.9 Å². The number of nitrogens with one attached hydrogen (secondary N) is 1. The lowest BCUT2D eigenvalue weighted by Crippen LogP contribution is -2.46. The van der Waals surface area contributed by atoms with Gasteiger partial charge in [0.25, 0.3) is 7.82 Å². The van der Waals surface area contributed by atoms with Gasteiger partial charge < -0.3 is 28.8 Å². The highest BCUT2D eigenvalue weighted by Gasteiger charge is 2.24. The van der Waals surface area contributed by atoms with E-state index in [1.165, 1.54) is 244 Å². The van der Waals surface area contributed by atoms with Crippen molar-refractivity contribution in [2.24, 2.45) is 0 Å². The van der Waals surface area contributed by atoms with Crippen molar-refractivity contribution in [3.63, 3.8) is 0 Å². The van der Waals surface area contributed by atoms with Crippen molar-refractivity contribution in [3.8, 4) is 0 Å². The molecule has 0 aromatic rings. The van der Waals surface area contributed by atoms with Gasteiger partial charge in [0, 0.05) is 6.42 Å². The van der Waals surface area contributed by atoms with E-state index in [1.807, 2.05) is 21.1 Å². The lowest BCUT2D eigenvalue weighted by molar-refractivity contribution is -0.870. The van der Waals surface area contributed by atoms with Crippen molar-refractivity contribution in [1.29, 1.82) is 0 Å². The maximum Gasteiger partial charge on any atom is 0.268 e. The highest BCUT2D eigenvalue weighted by Crippen LogP contribution is 2.38. The Bertz CT molecular complexity index is 1220. The average Bonchev–Trinajstić information content (AvgIpc) is 3.34. The summed E-state index contributed by atoms with van der Waals surface area (Å²) in [6.45, 7) is 4.73. The molecule has 0 rings (SSSR count). The summed E-state index contributed by atoms with van der Waals surface area (Å²) in [5.41, 5.74) is 0. The van der Waals surface area contributed by atoms with E-state index in [0.29, 0.717) is 23.9 Å². The summed E-state index contributed by atoms with van der Waals surface area (Å²) < 4.78 is 23.4. The van der Waals surface area contributed by atoms with Crippen LogP contribution < -0.4 is 10.2 Å². The van der Waals surface area contributed by atoms with Gasteiger partial charge in [-0.3, -0.25) is 9.36 Å². The van der Waals surface area contributed by atoms with Gasteiger partial charge in [0.1, 0.15) is 13.2 Å². The third-order valence-corrected chi connectivity index (χ3v) is 15.7. The molecular weight excluding hydrogens is 912 g/mol. The van der Waals surface area contributed by atoms with E-state index in [2.05, 4.69) is 43.5 Å². The highest BCUT2D eigenvalue weighted by molar-refractivity contribution is 7.45. The number of nitrogens with zero attached hydrogens (tertiary/aromatic N) is 1. The van der Waals surface area contributed by atoms with Crippen molar-refractivity contribution in [2.45, 2.75) is 334 Å². The van der Waals surface area contributed by atoms with Crippen LogP contribution in [0.5, 0.6) is 0 Å². The van der Waals surface area contributed by atoms with Crippen LogP contribution in [0.25, 0.3) is 0 Å². The second-order valence-corrected chi connectivity index (χ2v) is 24.5. The first-order chi connectivity index (χ1) is 35.0. The van der Waals surface area contributed by atoms with Gasteiger partial charge >= 0.3 is 0 Å². The maximum absolute atomic E-state index is 13.0. The van der Waals surface area contributed by atoms with Crippen molar-refractivity contribution in [3.05, 3.63) is 24.3 Å². The summed E-state index contributed by atoms with van der Waals surface area (Å²) >= 11 is 0. The molecular formula is C63H125N2O6P. The Morgan fingerprint density at radius 2 is 0.806 bits per heavy atom. The lowest BCUT2D eigenvalue weighted by Gasteiger charge is -2.30. The van der Waals surface area contributed by atoms with Gasteiger partial charge in [-0.05, 0) is 44.9 Å². The summed E-state index contributed by atoms with van der Waals surface area (Å²) in [5.74, 6) is -0.168. The fraction of sp³-hybridized carbons (Fsp3) is 0.921. The third-order valence-electron chi connectivity index (χ3n) is 14.7. The van der Waals surface area contributed by atoms with Crippen molar-refractivity contribution < 1.29 is 32.9 Å². The first kappa shape index (κ1) is 71.0. The Morgan fingerprint density at radius 1 is 0.486 bits per heavy atom. The highest BCUT2D eigenvalue weighted by atomic mass is 31.2. The number of carbonyl (C=O) groups excluding carboxylic acids is 1. The predicted octanol–water partition coefficient (Wildman–Crippen LogP) is 18.9. The summed E-state index contributed by atoms with van der Waals surface area (Å²) in [4.78, 5) is 25.5. The standard InChI is InChI=1S/C63H125N2O6P/c1-6-8-10-12-14-16-18-20-22-24-25-26-27-28-29-30-31-32-33-34-35-36-37-38-39-41-42-44-46-48-50-52-54-56-62(66)61(60-71-72(68,69)70-59-58-65(3,4)5)64-63(67)57-55-53-51-49-47-45-43-40-23-21-19-17-15-13-11-9-7-2/h15,17,21,23,61-62,66H,6-14,16,18-20,22,24-60H2,1-5H3,(H-,64,67,68,69)/b17-15-,23-21-. The van der Waals surface area contributed by atoms with Gasteiger partial charge in [-0.1, -0.05) is 295 Å². The van der Waals surface area contributed by atoms with Crippen molar-refractivity contribution >= 4 is 13.7 Å². The number of carbonyl (C=O) groups is 1. The first-order valence-electron chi connectivity index (χ1n) is 31.7. The van der Waals surface area contributed by atoms with E-state index in [0.717, 1.165) is 51.4 Å². The van der Waals surface area contributed by atoms with Crippen LogP contribution in [-0.2, 0) is 18.4 Å². The quantitative estimate of drug-likeness (QED) is 0.0272. The fourth-order valence-electron chi connectivity index (χ4n) is 9.72. The Morgan fingerprint density at radius 3 is 1.18 bits per heavy atom. The van der Waals surface area contributed by atoms with E-state index >= 15 is 0 Å². The molecule has 8 nitrogen and oxygen atoms in total. The number of aliphatic hydroxyl groups excluding tert-OH is 1. The van der Waals surface area contributed by atoms with Crippen LogP contribution in [0.1, 0.15) is 322 Å². The zero-order valence-corrected chi connectivity index (χ0v) is 49.8. The van der Waals surface area contributed by atoms with Crippen molar-refractivity contribution in [2.75, 3.05) is 40.9 Å². The monoisotopic (exact) mass is 1040 g/mol. The normalized spacial score (nSPS) is 13.9. The molecule has 0 heterocycles.